The molecule has 286 valence electrons. The zero-order valence-electron chi connectivity index (χ0n) is 33.5. The minimum atomic E-state index is -0.238. The summed E-state index contributed by atoms with van der Waals surface area (Å²) in [4.78, 5) is 11.4. The minimum absolute atomic E-state index is 0.238. The smallest absolute Gasteiger partial charge is 0.141 e. The molecule has 0 radical (unpaired) electrons. The molecule has 0 aliphatic heterocycles. The van der Waals surface area contributed by atoms with E-state index in [4.69, 9.17) is 9.97 Å². The second kappa shape index (κ2) is 12.7. The number of hydrogen-bond acceptors (Lipinski definition) is 2. The van der Waals surface area contributed by atoms with Crippen LogP contribution in [0.5, 0.6) is 0 Å². The van der Waals surface area contributed by atoms with E-state index in [0.29, 0.717) is 0 Å². The quantitative estimate of drug-likeness (QED) is 0.167. The number of aromatic nitrogens is 3. The zero-order chi connectivity index (χ0) is 40.5. The van der Waals surface area contributed by atoms with E-state index in [0.717, 1.165) is 39.1 Å². The molecule has 0 amide bonds. The lowest BCUT2D eigenvalue weighted by atomic mass is 9.88. The highest BCUT2D eigenvalue weighted by molar-refractivity contribution is 6.42. The summed E-state index contributed by atoms with van der Waals surface area (Å²) in [7, 11) is 0. The van der Waals surface area contributed by atoms with Crippen molar-refractivity contribution in [2.24, 2.45) is 0 Å². The normalized spacial score (nSPS) is 13.6. The third-order valence-corrected chi connectivity index (χ3v) is 13.6. The monoisotopic (exact) mass is 785 g/mol. The van der Waals surface area contributed by atoms with Gasteiger partial charge in [-0.25, -0.2) is 9.97 Å². The molecule has 11 aromatic carbocycles. The van der Waals surface area contributed by atoms with E-state index in [9.17, 15) is 0 Å². The van der Waals surface area contributed by atoms with Gasteiger partial charge in [-0.1, -0.05) is 188 Å². The average molecular weight is 786 g/mol. The maximum atomic E-state index is 5.69. The van der Waals surface area contributed by atoms with Gasteiger partial charge in [-0.2, -0.15) is 0 Å². The molecule has 1 aliphatic carbocycles. The van der Waals surface area contributed by atoms with Gasteiger partial charge in [0.1, 0.15) is 5.82 Å². The van der Waals surface area contributed by atoms with Gasteiger partial charge in [-0.3, -0.25) is 0 Å². The van der Waals surface area contributed by atoms with Crippen molar-refractivity contribution in [2.75, 3.05) is 0 Å². The zero-order valence-corrected chi connectivity index (χ0v) is 33.5. The van der Waals surface area contributed by atoms with Crippen molar-refractivity contribution in [2.45, 2.75) is 5.92 Å². The summed E-state index contributed by atoms with van der Waals surface area (Å²) < 4.78 is 2.59. The first kappa shape index (κ1) is 33.7. The lowest BCUT2D eigenvalue weighted by Gasteiger charge is -2.19. The average Bonchev–Trinajstić information content (AvgIpc) is 3.88. The van der Waals surface area contributed by atoms with Gasteiger partial charge in [0.2, 0.25) is 0 Å². The van der Waals surface area contributed by atoms with Crippen molar-refractivity contribution >= 4 is 86.6 Å². The van der Waals surface area contributed by atoms with Crippen LogP contribution in [0, 0.1) is 0 Å². The van der Waals surface area contributed by atoms with E-state index in [1.54, 1.807) is 0 Å². The highest BCUT2D eigenvalue weighted by Crippen LogP contribution is 2.55. The van der Waals surface area contributed by atoms with Crippen LogP contribution in [0.15, 0.2) is 206 Å². The summed E-state index contributed by atoms with van der Waals surface area (Å²) in [6, 6.07) is 75.4. The van der Waals surface area contributed by atoms with Crippen LogP contribution in [-0.4, -0.2) is 14.5 Å². The van der Waals surface area contributed by atoms with Crippen LogP contribution in [0.1, 0.15) is 22.9 Å². The number of rotatable bonds is 3. The Morgan fingerprint density at radius 1 is 0.355 bits per heavy atom. The lowest BCUT2D eigenvalue weighted by molar-refractivity contribution is 0.893. The van der Waals surface area contributed by atoms with Crippen molar-refractivity contribution in [1.82, 2.24) is 14.5 Å². The summed E-state index contributed by atoms with van der Waals surface area (Å²) in [5.41, 5.74) is 11.5. The standard InChI is InChI=1S/C59H35N3/c1-3-18-36(19-4-1)55-49-32-31-35-17-7-8-22-38(35)56(49)61-59(60-55)54-44-28-14-11-25-41(44)47-33-34-48-51-46-30-16-15-29-45(46)50-42-26-12-9-23-39(42)40-24-10-13-27-43(40)52(50)58(51)62(57(48)53(47)54)37-20-5-2-6-21-37/h1-34,54H. The Hall–Kier alpha value is -8.14. The molecule has 0 saturated heterocycles. The molecule has 0 saturated carbocycles. The van der Waals surface area contributed by atoms with E-state index in [1.807, 2.05) is 0 Å². The Bertz CT molecular complexity index is 4030. The van der Waals surface area contributed by atoms with Crippen LogP contribution in [0.25, 0.3) is 115 Å². The second-order valence-electron chi connectivity index (χ2n) is 16.7. The molecule has 0 fully saturated rings. The fourth-order valence-corrected chi connectivity index (χ4v) is 11.1. The summed E-state index contributed by atoms with van der Waals surface area (Å²) in [6.45, 7) is 0. The van der Waals surface area contributed by atoms with Crippen LogP contribution in [-0.2, 0) is 0 Å². The van der Waals surface area contributed by atoms with Crippen molar-refractivity contribution < 1.29 is 0 Å². The molecular formula is C59H35N3. The topological polar surface area (TPSA) is 30.7 Å². The molecular weight excluding hydrogens is 751 g/mol. The van der Waals surface area contributed by atoms with Gasteiger partial charge in [0.05, 0.1) is 28.2 Å². The van der Waals surface area contributed by atoms with Crippen molar-refractivity contribution in [3.05, 3.63) is 223 Å². The number of benzene rings is 11. The third kappa shape index (κ3) is 4.49. The summed E-state index contributed by atoms with van der Waals surface area (Å²) in [5, 5.41) is 16.0. The van der Waals surface area contributed by atoms with E-state index in [-0.39, 0.29) is 5.92 Å². The predicted octanol–water partition coefficient (Wildman–Crippen LogP) is 15.3. The molecule has 2 aromatic heterocycles. The molecule has 1 unspecified atom stereocenters. The first-order valence-electron chi connectivity index (χ1n) is 21.5. The van der Waals surface area contributed by atoms with Crippen LogP contribution >= 0.6 is 0 Å². The van der Waals surface area contributed by atoms with Crippen LogP contribution in [0.4, 0.5) is 0 Å². The lowest BCUT2D eigenvalue weighted by Crippen LogP contribution is -2.09. The molecule has 0 bridgehead atoms. The maximum Gasteiger partial charge on any atom is 0.141 e. The van der Waals surface area contributed by atoms with Crippen molar-refractivity contribution in [3.63, 3.8) is 0 Å². The molecule has 1 aliphatic rings. The number of fused-ring (bicyclic) bond motifs is 20. The van der Waals surface area contributed by atoms with Gasteiger partial charge in [-0.05, 0) is 78.2 Å². The molecule has 0 spiro atoms. The van der Waals surface area contributed by atoms with E-state index < -0.39 is 0 Å². The first-order chi connectivity index (χ1) is 30.8. The van der Waals surface area contributed by atoms with Crippen LogP contribution in [0.2, 0.25) is 0 Å². The fraction of sp³-hybridized carbons (Fsp3) is 0.0169. The van der Waals surface area contributed by atoms with Gasteiger partial charge in [0, 0.05) is 43.6 Å². The highest BCUT2D eigenvalue weighted by atomic mass is 15.0. The molecule has 0 N–H and O–H groups in total. The Morgan fingerprint density at radius 2 is 0.919 bits per heavy atom. The van der Waals surface area contributed by atoms with E-state index in [2.05, 4.69) is 211 Å². The molecule has 13 aromatic rings. The summed E-state index contributed by atoms with van der Waals surface area (Å²) >= 11 is 0. The Labute approximate surface area is 356 Å². The highest BCUT2D eigenvalue weighted by Gasteiger charge is 2.37. The molecule has 62 heavy (non-hydrogen) atoms. The van der Waals surface area contributed by atoms with Gasteiger partial charge in [0.25, 0.3) is 0 Å². The van der Waals surface area contributed by atoms with Gasteiger partial charge in [0.15, 0.2) is 0 Å². The van der Waals surface area contributed by atoms with Crippen molar-refractivity contribution in [1.29, 1.82) is 0 Å². The Balaban J connectivity index is 1.22. The van der Waals surface area contributed by atoms with Gasteiger partial charge >= 0.3 is 0 Å². The van der Waals surface area contributed by atoms with E-state index in [1.165, 1.54) is 92.5 Å². The fourth-order valence-electron chi connectivity index (χ4n) is 11.1. The van der Waals surface area contributed by atoms with Crippen LogP contribution < -0.4 is 0 Å². The minimum Gasteiger partial charge on any atom is -0.308 e. The van der Waals surface area contributed by atoms with Crippen molar-refractivity contribution in [3.8, 4) is 28.1 Å². The largest absolute Gasteiger partial charge is 0.308 e. The maximum absolute atomic E-state index is 5.69. The molecule has 3 nitrogen and oxygen atoms in total. The van der Waals surface area contributed by atoms with Crippen LogP contribution in [0.3, 0.4) is 0 Å². The SMILES string of the molecule is c1ccc(-c2nc(C3c4ccccc4-c4ccc5c6c7ccccc7c7c8ccccc8c8ccccc8c7c6n(-c6ccccc6)c5c43)nc3c2ccc2ccccc23)cc1. The number of para-hydroxylation sites is 1. The Kier molecular flexibility index (Phi) is 6.89. The summed E-state index contributed by atoms with van der Waals surface area (Å²) in [5.74, 6) is 0.569. The third-order valence-electron chi connectivity index (χ3n) is 13.6. The predicted molar refractivity (Wildman–Crippen MR) is 260 cm³/mol. The number of nitrogens with zero attached hydrogens (tertiary/aromatic N) is 3. The molecule has 14 rings (SSSR count). The van der Waals surface area contributed by atoms with E-state index >= 15 is 0 Å². The van der Waals surface area contributed by atoms with Gasteiger partial charge in [-0.15, -0.1) is 0 Å². The first-order valence-corrected chi connectivity index (χ1v) is 21.5. The Morgan fingerprint density at radius 3 is 1.66 bits per heavy atom. The molecule has 2 heterocycles. The second-order valence-corrected chi connectivity index (χ2v) is 16.7. The summed E-state index contributed by atoms with van der Waals surface area (Å²) in [6.07, 6.45) is 0. The number of hydrogen-bond donors (Lipinski definition) is 0. The molecule has 1 atom stereocenters. The van der Waals surface area contributed by atoms with Gasteiger partial charge < -0.3 is 4.57 Å². The molecule has 3 heteroatoms.